The summed E-state index contributed by atoms with van der Waals surface area (Å²) in [6.07, 6.45) is 3.12. The monoisotopic (exact) mass is 280 g/mol. The summed E-state index contributed by atoms with van der Waals surface area (Å²) < 4.78 is 27.9. The Labute approximate surface area is 110 Å². The molecule has 2 nitrogen and oxygen atoms in total. The van der Waals surface area contributed by atoms with Gasteiger partial charge in [0, 0.05) is 34.3 Å². The molecule has 0 fully saturated rings. The van der Waals surface area contributed by atoms with Crippen molar-refractivity contribution in [3.05, 3.63) is 46.9 Å². The Hall–Kier alpha value is -1.66. The molecule has 6 heteroatoms. The molecule has 3 aromatic rings. The number of rotatable bonds is 2. The van der Waals surface area contributed by atoms with Crippen molar-refractivity contribution in [1.29, 1.82) is 0 Å². The highest BCUT2D eigenvalue weighted by Crippen LogP contribution is 2.32. The maximum Gasteiger partial charge on any atom is 0.134 e. The van der Waals surface area contributed by atoms with Gasteiger partial charge in [0.2, 0.25) is 0 Å². The van der Waals surface area contributed by atoms with Crippen molar-refractivity contribution in [1.82, 2.24) is 9.97 Å². The largest absolute Gasteiger partial charge is 0.244 e. The number of benzene rings is 1. The smallest absolute Gasteiger partial charge is 0.134 e. The van der Waals surface area contributed by atoms with Gasteiger partial charge < -0.3 is 0 Å². The van der Waals surface area contributed by atoms with E-state index in [2.05, 4.69) is 9.97 Å². The predicted octanol–water partition coefficient (Wildman–Crippen LogP) is 4.21. The number of hydrogen-bond acceptors (Lipinski definition) is 4. The average molecular weight is 280 g/mol. The maximum absolute atomic E-state index is 14.0. The van der Waals surface area contributed by atoms with Crippen LogP contribution in [0.15, 0.2) is 35.3 Å². The Morgan fingerprint density at radius 1 is 0.778 bits per heavy atom. The van der Waals surface area contributed by atoms with E-state index in [1.54, 1.807) is 23.2 Å². The van der Waals surface area contributed by atoms with E-state index in [0.717, 1.165) is 0 Å². The minimum atomic E-state index is -0.489. The quantitative estimate of drug-likeness (QED) is 0.702. The lowest BCUT2D eigenvalue weighted by atomic mass is 10.1. The van der Waals surface area contributed by atoms with E-state index in [1.807, 2.05) is 0 Å². The molecule has 0 bridgehead atoms. The summed E-state index contributed by atoms with van der Waals surface area (Å²) in [6, 6.07) is 2.34. The first-order chi connectivity index (χ1) is 8.75. The first kappa shape index (κ1) is 11.4. The summed E-state index contributed by atoms with van der Waals surface area (Å²) in [5.74, 6) is -0.979. The SMILES string of the molecule is Fc1cc(-c2nccs2)c(F)cc1-c1nccs1. The third kappa shape index (κ3) is 1.93. The fourth-order valence-corrected chi connectivity index (χ4v) is 2.90. The molecule has 0 aliphatic heterocycles. The van der Waals surface area contributed by atoms with Gasteiger partial charge in [-0.25, -0.2) is 18.7 Å². The highest BCUT2D eigenvalue weighted by Gasteiger charge is 2.15. The van der Waals surface area contributed by atoms with Crippen molar-refractivity contribution in [2.75, 3.05) is 0 Å². The molecule has 2 aromatic heterocycles. The second kappa shape index (κ2) is 4.55. The van der Waals surface area contributed by atoms with Gasteiger partial charge in [0.25, 0.3) is 0 Å². The molecule has 0 N–H and O–H groups in total. The van der Waals surface area contributed by atoms with Crippen LogP contribution in [0.25, 0.3) is 21.1 Å². The number of halogens is 2. The summed E-state index contributed by atoms with van der Waals surface area (Å²) >= 11 is 2.54. The van der Waals surface area contributed by atoms with Gasteiger partial charge in [-0.1, -0.05) is 0 Å². The Kier molecular flexibility index (Phi) is 2.89. The normalized spacial score (nSPS) is 10.8. The van der Waals surface area contributed by atoms with E-state index in [1.165, 1.54) is 34.8 Å². The average Bonchev–Trinajstić information content (AvgIpc) is 3.02. The third-order valence-electron chi connectivity index (χ3n) is 2.38. The van der Waals surface area contributed by atoms with Crippen molar-refractivity contribution >= 4 is 22.7 Å². The molecule has 0 saturated heterocycles. The molecule has 1 aromatic carbocycles. The molecule has 0 saturated carbocycles. The third-order valence-corrected chi connectivity index (χ3v) is 3.99. The van der Waals surface area contributed by atoms with Crippen LogP contribution in [-0.2, 0) is 0 Å². The lowest BCUT2D eigenvalue weighted by Crippen LogP contribution is -1.90. The first-order valence-electron chi connectivity index (χ1n) is 5.04. The fraction of sp³-hybridized carbons (Fsp3) is 0. The highest BCUT2D eigenvalue weighted by atomic mass is 32.1. The number of thiazole rings is 2. The maximum atomic E-state index is 14.0. The Morgan fingerprint density at radius 3 is 1.56 bits per heavy atom. The van der Waals surface area contributed by atoms with Crippen LogP contribution in [0.5, 0.6) is 0 Å². The van der Waals surface area contributed by atoms with Gasteiger partial charge in [0.05, 0.1) is 0 Å². The second-order valence-electron chi connectivity index (χ2n) is 3.49. The van der Waals surface area contributed by atoms with Crippen molar-refractivity contribution in [3.8, 4) is 21.1 Å². The molecule has 90 valence electrons. The molecule has 0 radical (unpaired) electrons. The topological polar surface area (TPSA) is 25.8 Å². The van der Waals surface area contributed by atoms with Crippen LogP contribution in [0, 0.1) is 11.6 Å². The van der Waals surface area contributed by atoms with Gasteiger partial charge in [-0.05, 0) is 12.1 Å². The van der Waals surface area contributed by atoms with Crippen molar-refractivity contribution in [2.45, 2.75) is 0 Å². The summed E-state index contributed by atoms with van der Waals surface area (Å²) in [6.45, 7) is 0. The van der Waals surface area contributed by atoms with Gasteiger partial charge in [-0.15, -0.1) is 22.7 Å². The molecular weight excluding hydrogens is 274 g/mol. The first-order valence-corrected chi connectivity index (χ1v) is 6.80. The standard InChI is InChI=1S/C12H6F2N2S2/c13-9-6-8(12-16-2-4-18-12)10(14)5-7(9)11-15-1-3-17-11/h1-6H. The summed E-state index contributed by atoms with van der Waals surface area (Å²) in [5.41, 5.74) is 0.366. The zero-order valence-corrected chi connectivity index (χ0v) is 10.6. The van der Waals surface area contributed by atoms with E-state index in [9.17, 15) is 8.78 Å². The Balaban J connectivity index is 2.15. The van der Waals surface area contributed by atoms with E-state index in [-0.39, 0.29) is 11.1 Å². The van der Waals surface area contributed by atoms with Gasteiger partial charge in [0.1, 0.15) is 21.6 Å². The molecule has 0 unspecified atom stereocenters. The van der Waals surface area contributed by atoms with E-state index in [0.29, 0.717) is 10.0 Å². The fourth-order valence-electron chi connectivity index (χ4n) is 1.59. The molecule has 0 amide bonds. The van der Waals surface area contributed by atoms with Crippen LogP contribution in [0.2, 0.25) is 0 Å². The zero-order chi connectivity index (χ0) is 12.5. The number of hydrogen-bond donors (Lipinski definition) is 0. The van der Waals surface area contributed by atoms with Gasteiger partial charge in [-0.3, -0.25) is 0 Å². The summed E-state index contributed by atoms with van der Waals surface area (Å²) in [7, 11) is 0. The molecule has 0 spiro atoms. The molecule has 0 aliphatic carbocycles. The van der Waals surface area contributed by atoms with Crippen molar-refractivity contribution < 1.29 is 8.78 Å². The number of aromatic nitrogens is 2. The summed E-state index contributed by atoms with van der Waals surface area (Å²) in [5, 5.41) is 4.39. The second-order valence-corrected chi connectivity index (χ2v) is 5.28. The van der Waals surface area contributed by atoms with Gasteiger partial charge in [0.15, 0.2) is 0 Å². The van der Waals surface area contributed by atoms with Crippen LogP contribution >= 0.6 is 22.7 Å². The molecule has 0 aliphatic rings. The van der Waals surface area contributed by atoms with Crippen molar-refractivity contribution in [2.24, 2.45) is 0 Å². The lowest BCUT2D eigenvalue weighted by molar-refractivity contribution is 0.606. The lowest BCUT2D eigenvalue weighted by Gasteiger charge is -2.04. The minimum absolute atomic E-state index is 0.183. The minimum Gasteiger partial charge on any atom is -0.244 e. The molecule has 0 atom stereocenters. The van der Waals surface area contributed by atoms with E-state index >= 15 is 0 Å². The van der Waals surface area contributed by atoms with Crippen LogP contribution in [0.1, 0.15) is 0 Å². The Bertz CT molecular complexity index is 604. The number of nitrogens with zero attached hydrogens (tertiary/aromatic N) is 2. The molecule has 18 heavy (non-hydrogen) atoms. The van der Waals surface area contributed by atoms with Crippen LogP contribution in [-0.4, -0.2) is 9.97 Å². The van der Waals surface area contributed by atoms with Crippen LogP contribution in [0.3, 0.4) is 0 Å². The van der Waals surface area contributed by atoms with Gasteiger partial charge >= 0.3 is 0 Å². The molecule has 3 rings (SSSR count). The predicted molar refractivity (Wildman–Crippen MR) is 68.6 cm³/mol. The summed E-state index contributed by atoms with van der Waals surface area (Å²) in [4.78, 5) is 7.96. The van der Waals surface area contributed by atoms with E-state index < -0.39 is 11.6 Å². The molecular formula is C12H6F2N2S2. The van der Waals surface area contributed by atoms with Crippen LogP contribution in [0.4, 0.5) is 8.78 Å². The highest BCUT2D eigenvalue weighted by molar-refractivity contribution is 7.13. The van der Waals surface area contributed by atoms with Crippen molar-refractivity contribution in [3.63, 3.8) is 0 Å². The Morgan fingerprint density at radius 2 is 1.22 bits per heavy atom. The van der Waals surface area contributed by atoms with Gasteiger partial charge in [-0.2, -0.15) is 0 Å². The zero-order valence-electron chi connectivity index (χ0n) is 8.93. The van der Waals surface area contributed by atoms with E-state index in [4.69, 9.17) is 0 Å². The molecule has 2 heterocycles. The van der Waals surface area contributed by atoms with Crippen LogP contribution < -0.4 is 0 Å².